The van der Waals surface area contributed by atoms with Crippen LogP contribution < -0.4 is 16.0 Å². The van der Waals surface area contributed by atoms with Crippen molar-refractivity contribution in [1.82, 2.24) is 20.9 Å². The number of benzene rings is 1. The van der Waals surface area contributed by atoms with E-state index in [1.807, 2.05) is 0 Å². The molecule has 154 valence electrons. The molecule has 1 aromatic carbocycles. The van der Waals surface area contributed by atoms with Crippen LogP contribution >= 0.6 is 0 Å². The molecule has 2 saturated heterocycles. The molecule has 0 aromatic heterocycles. The lowest BCUT2D eigenvalue weighted by Crippen LogP contribution is -2.54. The van der Waals surface area contributed by atoms with Crippen LogP contribution in [0, 0.1) is 0 Å². The van der Waals surface area contributed by atoms with Crippen molar-refractivity contribution in [3.05, 3.63) is 34.9 Å². The fourth-order valence-electron chi connectivity index (χ4n) is 4.11. The maximum Gasteiger partial charge on any atom is 0.262 e. The third kappa shape index (κ3) is 3.79. The van der Waals surface area contributed by atoms with Crippen molar-refractivity contribution >= 4 is 23.6 Å². The molecular formula is C20H23FN4O4. The summed E-state index contributed by atoms with van der Waals surface area (Å²) in [6.45, 7) is 1.90. The van der Waals surface area contributed by atoms with E-state index in [1.165, 1.54) is 0 Å². The summed E-state index contributed by atoms with van der Waals surface area (Å²) >= 11 is 0. The number of nitrogens with one attached hydrogen (secondary N) is 3. The van der Waals surface area contributed by atoms with Crippen molar-refractivity contribution < 1.29 is 23.6 Å². The second kappa shape index (κ2) is 7.64. The summed E-state index contributed by atoms with van der Waals surface area (Å²) in [6, 6.07) is 3.92. The van der Waals surface area contributed by atoms with E-state index in [2.05, 4.69) is 16.0 Å². The van der Waals surface area contributed by atoms with Gasteiger partial charge in [-0.25, -0.2) is 4.39 Å². The van der Waals surface area contributed by atoms with E-state index in [9.17, 15) is 23.6 Å². The van der Waals surface area contributed by atoms with Crippen molar-refractivity contribution in [1.29, 1.82) is 0 Å². The number of amides is 4. The average Bonchev–Trinajstić information content (AvgIpc) is 2.93. The van der Waals surface area contributed by atoms with Gasteiger partial charge in [0.25, 0.3) is 11.8 Å². The minimum atomic E-state index is -1.24. The molecule has 0 spiro atoms. The molecule has 3 heterocycles. The number of nitrogens with zero attached hydrogens (tertiary/aromatic N) is 1. The largest absolute Gasteiger partial charge is 0.316 e. The molecular weight excluding hydrogens is 379 g/mol. The van der Waals surface area contributed by atoms with Gasteiger partial charge in [0.05, 0.1) is 11.1 Å². The number of hydrogen-bond donors (Lipinski definition) is 3. The fraction of sp³-hybridized carbons (Fsp3) is 0.500. The van der Waals surface area contributed by atoms with E-state index in [0.29, 0.717) is 32.5 Å². The van der Waals surface area contributed by atoms with E-state index >= 15 is 0 Å². The molecule has 1 atom stereocenters. The smallest absolute Gasteiger partial charge is 0.262 e. The van der Waals surface area contributed by atoms with Crippen LogP contribution in [0.3, 0.4) is 0 Å². The Balaban J connectivity index is 1.44. The molecule has 4 rings (SSSR count). The van der Waals surface area contributed by atoms with Gasteiger partial charge in [0.1, 0.15) is 11.7 Å². The quantitative estimate of drug-likeness (QED) is 0.611. The Morgan fingerprint density at radius 3 is 2.55 bits per heavy atom. The first kappa shape index (κ1) is 19.7. The molecule has 0 aliphatic carbocycles. The summed E-state index contributed by atoms with van der Waals surface area (Å²) in [4.78, 5) is 49.9. The number of fused-ring (bicyclic) bond motifs is 1. The SMILES string of the molecule is O=C1CCC(N2C(=O)c3ccc(CNCC4(F)CCNCC4)cc3C2=O)C(=O)N1. The average molecular weight is 402 g/mol. The Kier molecular flexibility index (Phi) is 5.18. The van der Waals surface area contributed by atoms with Gasteiger partial charge in [0.2, 0.25) is 11.8 Å². The van der Waals surface area contributed by atoms with Gasteiger partial charge in [-0.2, -0.15) is 0 Å². The minimum Gasteiger partial charge on any atom is -0.316 e. The van der Waals surface area contributed by atoms with Gasteiger partial charge >= 0.3 is 0 Å². The minimum absolute atomic E-state index is 0.0828. The highest BCUT2D eigenvalue weighted by molar-refractivity contribution is 6.23. The van der Waals surface area contributed by atoms with E-state index in [-0.39, 0.29) is 30.5 Å². The highest BCUT2D eigenvalue weighted by Crippen LogP contribution is 2.28. The van der Waals surface area contributed by atoms with Gasteiger partial charge in [-0.1, -0.05) is 6.07 Å². The van der Waals surface area contributed by atoms with E-state index in [1.54, 1.807) is 18.2 Å². The molecule has 8 nitrogen and oxygen atoms in total. The number of halogens is 1. The molecule has 3 aliphatic rings. The zero-order chi connectivity index (χ0) is 20.6. The third-order valence-electron chi connectivity index (χ3n) is 5.77. The molecule has 3 aliphatic heterocycles. The highest BCUT2D eigenvalue weighted by atomic mass is 19.1. The normalized spacial score (nSPS) is 23.9. The van der Waals surface area contributed by atoms with Crippen LogP contribution in [0.25, 0.3) is 0 Å². The van der Waals surface area contributed by atoms with Crippen LogP contribution in [0.2, 0.25) is 0 Å². The Labute approximate surface area is 167 Å². The maximum atomic E-state index is 14.7. The van der Waals surface area contributed by atoms with Gasteiger partial charge in [-0.3, -0.25) is 29.4 Å². The van der Waals surface area contributed by atoms with Crippen molar-refractivity contribution in [2.75, 3.05) is 19.6 Å². The third-order valence-corrected chi connectivity index (χ3v) is 5.77. The maximum absolute atomic E-state index is 14.7. The molecule has 1 unspecified atom stereocenters. The first-order chi connectivity index (χ1) is 13.9. The summed E-state index contributed by atoms with van der Waals surface area (Å²) < 4.78 is 14.7. The number of imide groups is 2. The summed E-state index contributed by atoms with van der Waals surface area (Å²) in [5.41, 5.74) is -0.0109. The van der Waals surface area contributed by atoms with Gasteiger partial charge < -0.3 is 10.6 Å². The van der Waals surface area contributed by atoms with Crippen LogP contribution in [-0.2, 0) is 16.1 Å². The summed E-state index contributed by atoms with van der Waals surface area (Å²) in [5, 5.41) is 8.41. The number of carbonyl (C=O) groups excluding carboxylic acids is 4. The predicted molar refractivity (Wildman–Crippen MR) is 101 cm³/mol. The van der Waals surface area contributed by atoms with Gasteiger partial charge in [0.15, 0.2) is 0 Å². The Bertz CT molecular complexity index is 881. The van der Waals surface area contributed by atoms with Crippen molar-refractivity contribution in [3.8, 4) is 0 Å². The van der Waals surface area contributed by atoms with Crippen molar-refractivity contribution in [2.24, 2.45) is 0 Å². The molecule has 4 amide bonds. The second-order valence-corrected chi connectivity index (χ2v) is 7.83. The van der Waals surface area contributed by atoms with Crippen LogP contribution in [0.1, 0.15) is 52.0 Å². The predicted octanol–water partition coefficient (Wildman–Crippen LogP) is 0.269. The van der Waals surface area contributed by atoms with Crippen molar-refractivity contribution in [2.45, 2.75) is 43.9 Å². The summed E-state index contributed by atoms with van der Waals surface area (Å²) in [5.74, 6) is -2.11. The lowest BCUT2D eigenvalue weighted by atomic mass is 9.94. The number of carbonyl (C=O) groups is 4. The second-order valence-electron chi connectivity index (χ2n) is 7.83. The van der Waals surface area contributed by atoms with Gasteiger partial charge in [-0.15, -0.1) is 0 Å². The van der Waals surface area contributed by atoms with Crippen LogP contribution in [-0.4, -0.2) is 59.9 Å². The van der Waals surface area contributed by atoms with E-state index in [0.717, 1.165) is 10.5 Å². The molecule has 2 fully saturated rings. The van der Waals surface area contributed by atoms with E-state index in [4.69, 9.17) is 0 Å². The lowest BCUT2D eigenvalue weighted by molar-refractivity contribution is -0.136. The highest BCUT2D eigenvalue weighted by Gasteiger charge is 2.44. The molecule has 0 saturated carbocycles. The number of alkyl halides is 1. The van der Waals surface area contributed by atoms with Crippen LogP contribution in [0.5, 0.6) is 0 Å². The standard InChI is InChI=1S/C20H23FN4O4/c21-20(5-7-22-8-6-20)11-23-10-12-1-2-13-14(9-12)19(29)25(18(13)28)15-3-4-16(26)24-17(15)27/h1-2,9,15,22-23H,3-8,10-11H2,(H,24,26,27). The van der Waals surface area contributed by atoms with Crippen LogP contribution in [0.4, 0.5) is 4.39 Å². The van der Waals surface area contributed by atoms with Gasteiger partial charge in [0, 0.05) is 19.5 Å². The molecule has 3 N–H and O–H groups in total. The Morgan fingerprint density at radius 2 is 1.83 bits per heavy atom. The van der Waals surface area contributed by atoms with Gasteiger partial charge in [-0.05, 0) is 50.0 Å². The first-order valence-corrected chi connectivity index (χ1v) is 9.83. The summed E-state index contributed by atoms with van der Waals surface area (Å²) in [6.07, 6.45) is 1.12. The molecule has 1 aromatic rings. The monoisotopic (exact) mass is 402 g/mol. The molecule has 0 bridgehead atoms. The number of hydrogen-bond acceptors (Lipinski definition) is 6. The molecule has 0 radical (unpaired) electrons. The van der Waals surface area contributed by atoms with E-state index < -0.39 is 35.3 Å². The Hall–Kier alpha value is -2.65. The summed E-state index contributed by atoms with van der Waals surface area (Å²) in [7, 11) is 0. The number of piperidine rings is 2. The zero-order valence-corrected chi connectivity index (χ0v) is 15.9. The van der Waals surface area contributed by atoms with Crippen molar-refractivity contribution in [3.63, 3.8) is 0 Å². The topological polar surface area (TPSA) is 108 Å². The Morgan fingerprint density at radius 1 is 1.10 bits per heavy atom. The molecule has 9 heteroatoms. The first-order valence-electron chi connectivity index (χ1n) is 9.83. The fourth-order valence-corrected chi connectivity index (χ4v) is 4.11. The number of rotatable bonds is 5. The lowest BCUT2D eigenvalue weighted by Gasteiger charge is -2.30. The zero-order valence-electron chi connectivity index (χ0n) is 15.9. The molecule has 29 heavy (non-hydrogen) atoms. The van der Waals surface area contributed by atoms with Crippen LogP contribution in [0.15, 0.2) is 18.2 Å².